The van der Waals surface area contributed by atoms with Gasteiger partial charge in [0.05, 0.1) is 12.7 Å². The van der Waals surface area contributed by atoms with Crippen molar-refractivity contribution < 1.29 is 9.53 Å². The summed E-state index contributed by atoms with van der Waals surface area (Å²) in [5.41, 5.74) is 5.85. The highest BCUT2D eigenvalue weighted by Crippen LogP contribution is 2.27. The Morgan fingerprint density at radius 1 is 1.53 bits per heavy atom. The smallest absolute Gasteiger partial charge is 0.222 e. The Morgan fingerprint density at radius 2 is 2.20 bits per heavy atom. The van der Waals surface area contributed by atoms with Crippen molar-refractivity contribution in [2.24, 2.45) is 5.73 Å². The van der Waals surface area contributed by atoms with Gasteiger partial charge in [-0.2, -0.15) is 0 Å². The van der Waals surface area contributed by atoms with Crippen molar-refractivity contribution in [2.45, 2.75) is 51.2 Å². The van der Waals surface area contributed by atoms with Crippen LogP contribution >= 0.6 is 0 Å². The van der Waals surface area contributed by atoms with Gasteiger partial charge in [-0.25, -0.2) is 0 Å². The lowest BCUT2D eigenvalue weighted by Gasteiger charge is -2.38. The summed E-state index contributed by atoms with van der Waals surface area (Å²) in [4.78, 5) is 11.4. The van der Waals surface area contributed by atoms with Crippen LogP contribution in [0.2, 0.25) is 0 Å². The van der Waals surface area contributed by atoms with Crippen LogP contribution in [0.5, 0.6) is 0 Å². The lowest BCUT2D eigenvalue weighted by molar-refractivity contribution is -0.122. The molecule has 1 rings (SSSR count). The van der Waals surface area contributed by atoms with Crippen LogP contribution in [0.4, 0.5) is 0 Å². The fourth-order valence-electron chi connectivity index (χ4n) is 1.56. The molecule has 1 aliphatic carbocycles. The van der Waals surface area contributed by atoms with Gasteiger partial charge in [-0.05, 0) is 33.1 Å². The Hall–Kier alpha value is -0.610. The second-order valence-corrected chi connectivity index (χ2v) is 4.66. The molecule has 0 aromatic rings. The average Bonchev–Trinajstić information content (AvgIpc) is 2.11. The van der Waals surface area contributed by atoms with Gasteiger partial charge in [0.2, 0.25) is 5.91 Å². The minimum absolute atomic E-state index is 0.0346. The first-order valence-corrected chi connectivity index (χ1v) is 5.69. The van der Waals surface area contributed by atoms with E-state index in [-0.39, 0.29) is 17.6 Å². The number of ether oxygens (including phenoxy) is 1. The number of hydrogen-bond donors (Lipinski definition) is 2. The molecule has 0 aromatic carbocycles. The maximum Gasteiger partial charge on any atom is 0.222 e. The van der Waals surface area contributed by atoms with Crippen molar-refractivity contribution in [3.8, 4) is 0 Å². The summed E-state index contributed by atoms with van der Waals surface area (Å²) in [6, 6.07) is 0. The molecule has 0 atom stereocenters. The molecule has 0 bridgehead atoms. The maximum absolute atomic E-state index is 11.4. The third-order valence-corrected chi connectivity index (χ3v) is 2.77. The van der Waals surface area contributed by atoms with Gasteiger partial charge in [-0.3, -0.25) is 4.79 Å². The predicted octanol–water partition coefficient (Wildman–Crippen LogP) is 0.799. The first kappa shape index (κ1) is 12.5. The van der Waals surface area contributed by atoms with Crippen molar-refractivity contribution in [1.82, 2.24) is 5.32 Å². The maximum atomic E-state index is 11.4. The second kappa shape index (κ2) is 5.47. The second-order valence-electron chi connectivity index (χ2n) is 4.66. The minimum atomic E-state index is -0.130. The molecule has 4 heteroatoms. The SMILES string of the molecule is CC(C)OCCC(=O)NCC1(N)CCC1. The van der Waals surface area contributed by atoms with Crippen LogP contribution < -0.4 is 11.1 Å². The molecule has 0 spiro atoms. The number of carbonyl (C=O) groups excluding carboxylic acids is 1. The van der Waals surface area contributed by atoms with E-state index in [9.17, 15) is 4.79 Å². The third-order valence-electron chi connectivity index (χ3n) is 2.77. The van der Waals surface area contributed by atoms with E-state index in [0.29, 0.717) is 19.6 Å². The van der Waals surface area contributed by atoms with Crippen LogP contribution in [0, 0.1) is 0 Å². The number of nitrogens with one attached hydrogen (secondary N) is 1. The molecule has 4 nitrogen and oxygen atoms in total. The van der Waals surface area contributed by atoms with Crippen LogP contribution in [0.25, 0.3) is 0 Å². The average molecular weight is 214 g/mol. The highest BCUT2D eigenvalue weighted by Gasteiger charge is 2.32. The monoisotopic (exact) mass is 214 g/mol. The fourth-order valence-corrected chi connectivity index (χ4v) is 1.56. The summed E-state index contributed by atoms with van der Waals surface area (Å²) in [5.74, 6) is 0.0346. The summed E-state index contributed by atoms with van der Waals surface area (Å²) in [7, 11) is 0. The zero-order valence-electron chi connectivity index (χ0n) is 9.71. The molecular weight excluding hydrogens is 192 g/mol. The van der Waals surface area contributed by atoms with E-state index in [0.717, 1.165) is 12.8 Å². The normalized spacial score (nSPS) is 18.7. The van der Waals surface area contributed by atoms with Crippen molar-refractivity contribution in [3.63, 3.8) is 0 Å². The van der Waals surface area contributed by atoms with Crippen molar-refractivity contribution >= 4 is 5.91 Å². The lowest BCUT2D eigenvalue weighted by Crippen LogP contribution is -2.55. The summed E-state index contributed by atoms with van der Waals surface area (Å²) in [5, 5.41) is 2.85. The summed E-state index contributed by atoms with van der Waals surface area (Å²) in [6.07, 6.45) is 3.84. The van der Waals surface area contributed by atoms with Gasteiger partial charge in [-0.1, -0.05) is 0 Å². The lowest BCUT2D eigenvalue weighted by atomic mass is 9.78. The largest absolute Gasteiger partial charge is 0.378 e. The van der Waals surface area contributed by atoms with Gasteiger partial charge < -0.3 is 15.8 Å². The Bertz CT molecular complexity index is 213. The van der Waals surface area contributed by atoms with Gasteiger partial charge in [0, 0.05) is 18.5 Å². The summed E-state index contributed by atoms with van der Waals surface area (Å²) < 4.78 is 5.29. The number of nitrogens with two attached hydrogens (primary N) is 1. The molecule has 0 heterocycles. The van der Waals surface area contributed by atoms with Crippen LogP contribution in [0.1, 0.15) is 39.5 Å². The van der Waals surface area contributed by atoms with Crippen molar-refractivity contribution in [1.29, 1.82) is 0 Å². The third kappa shape index (κ3) is 4.62. The topological polar surface area (TPSA) is 64.3 Å². The molecule has 0 saturated heterocycles. The summed E-state index contributed by atoms with van der Waals surface area (Å²) in [6.45, 7) is 5.01. The Morgan fingerprint density at radius 3 is 2.67 bits per heavy atom. The highest BCUT2D eigenvalue weighted by atomic mass is 16.5. The number of hydrogen-bond acceptors (Lipinski definition) is 3. The first-order chi connectivity index (χ1) is 7.02. The van der Waals surface area contributed by atoms with E-state index in [1.54, 1.807) is 0 Å². The molecule has 1 fully saturated rings. The Kier molecular flexibility index (Phi) is 4.54. The van der Waals surface area contributed by atoms with Crippen LogP contribution in [0.3, 0.4) is 0 Å². The van der Waals surface area contributed by atoms with Crippen molar-refractivity contribution in [2.75, 3.05) is 13.2 Å². The molecular formula is C11H22N2O2. The quantitative estimate of drug-likeness (QED) is 0.687. The van der Waals surface area contributed by atoms with E-state index in [1.807, 2.05) is 13.8 Å². The molecule has 0 aromatic heterocycles. The number of amides is 1. The first-order valence-electron chi connectivity index (χ1n) is 5.69. The molecule has 0 unspecified atom stereocenters. The van der Waals surface area contributed by atoms with Gasteiger partial charge >= 0.3 is 0 Å². The molecule has 0 radical (unpaired) electrons. The molecule has 0 aliphatic heterocycles. The highest BCUT2D eigenvalue weighted by molar-refractivity contribution is 5.76. The molecule has 1 amide bonds. The molecule has 88 valence electrons. The van der Waals surface area contributed by atoms with Gasteiger partial charge in [0.1, 0.15) is 0 Å². The molecule has 15 heavy (non-hydrogen) atoms. The van der Waals surface area contributed by atoms with E-state index in [1.165, 1.54) is 6.42 Å². The Labute approximate surface area is 91.5 Å². The molecule has 1 aliphatic rings. The van der Waals surface area contributed by atoms with E-state index >= 15 is 0 Å². The van der Waals surface area contributed by atoms with Crippen LogP contribution in [-0.2, 0) is 9.53 Å². The standard InChI is InChI=1S/C11H22N2O2/c1-9(2)15-7-4-10(14)13-8-11(12)5-3-6-11/h9H,3-8,12H2,1-2H3,(H,13,14). The van der Waals surface area contributed by atoms with Crippen molar-refractivity contribution in [3.05, 3.63) is 0 Å². The van der Waals surface area contributed by atoms with Gasteiger partial charge in [0.25, 0.3) is 0 Å². The summed E-state index contributed by atoms with van der Waals surface area (Å²) >= 11 is 0. The minimum Gasteiger partial charge on any atom is -0.378 e. The van der Waals surface area contributed by atoms with Crippen LogP contribution in [0.15, 0.2) is 0 Å². The number of rotatable bonds is 6. The number of carbonyl (C=O) groups is 1. The Balaban J connectivity index is 2.03. The molecule has 3 N–H and O–H groups in total. The van der Waals surface area contributed by atoms with Gasteiger partial charge in [-0.15, -0.1) is 0 Å². The van der Waals surface area contributed by atoms with E-state index in [4.69, 9.17) is 10.5 Å². The molecule has 1 saturated carbocycles. The fraction of sp³-hybridized carbons (Fsp3) is 0.909. The van der Waals surface area contributed by atoms with Gasteiger partial charge in [0.15, 0.2) is 0 Å². The van der Waals surface area contributed by atoms with Crippen LogP contribution in [-0.4, -0.2) is 30.7 Å². The zero-order valence-corrected chi connectivity index (χ0v) is 9.71. The van der Waals surface area contributed by atoms with E-state index in [2.05, 4.69) is 5.32 Å². The zero-order chi connectivity index (χ0) is 11.3. The predicted molar refractivity (Wildman–Crippen MR) is 59.5 cm³/mol. The van der Waals surface area contributed by atoms with E-state index < -0.39 is 0 Å².